The molecule has 22 heteroatoms. The molecule has 8 N–H and O–H groups in total. The number of esters is 2. The van der Waals surface area contributed by atoms with Crippen molar-refractivity contribution in [1.29, 1.82) is 0 Å². The van der Waals surface area contributed by atoms with Crippen LogP contribution in [0.3, 0.4) is 0 Å². The molecule has 1 saturated carbocycles. The number of ether oxygens (including phenoxy) is 2. The number of carbonyl (C=O) groups excluding carboxylic acids is 2. The maximum absolute atomic E-state index is 13.1. The van der Waals surface area contributed by atoms with Gasteiger partial charge in [-0.25, -0.2) is 13.7 Å². The monoisotopic (exact) mass is 1030 g/mol. The van der Waals surface area contributed by atoms with Crippen LogP contribution in [0.1, 0.15) is 219 Å². The minimum atomic E-state index is -5.60. The number of aliphatic hydroxyl groups is 3. The van der Waals surface area contributed by atoms with Gasteiger partial charge in [-0.2, -0.15) is 0 Å². The molecule has 398 valence electrons. The van der Waals surface area contributed by atoms with Gasteiger partial charge in [0.25, 0.3) is 0 Å². The first kappa shape index (κ1) is 64.2. The predicted molar refractivity (Wildman–Crippen MR) is 252 cm³/mol. The third kappa shape index (κ3) is 34.2. The molecule has 0 aliphatic heterocycles. The number of rotatable bonds is 44. The second-order valence-electron chi connectivity index (χ2n) is 18.1. The van der Waals surface area contributed by atoms with Gasteiger partial charge in [0.2, 0.25) is 0 Å². The molecular formula is C45H89O19P3. The predicted octanol–water partition coefficient (Wildman–Crippen LogP) is 9.52. The molecule has 0 spiro atoms. The van der Waals surface area contributed by atoms with E-state index >= 15 is 0 Å². The molecule has 0 aromatic rings. The Bertz CT molecular complexity index is 1410. The summed E-state index contributed by atoms with van der Waals surface area (Å²) >= 11 is 0. The highest BCUT2D eigenvalue weighted by atomic mass is 31.2. The van der Waals surface area contributed by atoms with Crippen LogP contribution in [-0.4, -0.2) is 108 Å². The van der Waals surface area contributed by atoms with Crippen molar-refractivity contribution in [3.05, 3.63) is 0 Å². The number of hydrogen-bond acceptors (Lipinski definition) is 14. The van der Waals surface area contributed by atoms with Crippen molar-refractivity contribution in [3.63, 3.8) is 0 Å². The molecule has 0 aromatic carbocycles. The molecule has 1 aliphatic carbocycles. The van der Waals surface area contributed by atoms with Gasteiger partial charge in [0.15, 0.2) is 6.10 Å². The third-order valence-corrected chi connectivity index (χ3v) is 13.9. The second kappa shape index (κ2) is 37.9. The molecule has 0 saturated heterocycles. The Labute approximate surface area is 400 Å². The van der Waals surface area contributed by atoms with Gasteiger partial charge in [-0.05, 0) is 12.8 Å². The average molecular weight is 1030 g/mol. The van der Waals surface area contributed by atoms with E-state index < -0.39 is 91.3 Å². The first-order valence-corrected chi connectivity index (χ1v) is 29.9. The van der Waals surface area contributed by atoms with Crippen molar-refractivity contribution in [3.8, 4) is 0 Å². The van der Waals surface area contributed by atoms with E-state index in [0.29, 0.717) is 12.8 Å². The van der Waals surface area contributed by atoms with Crippen LogP contribution in [0.4, 0.5) is 0 Å². The van der Waals surface area contributed by atoms with Crippen LogP contribution in [0.5, 0.6) is 0 Å². The third-order valence-electron chi connectivity index (χ3n) is 11.9. The molecule has 0 heterocycles. The Morgan fingerprint density at radius 3 is 1.09 bits per heavy atom. The Morgan fingerprint density at radius 2 is 0.731 bits per heavy atom. The Morgan fingerprint density at radius 1 is 0.418 bits per heavy atom. The molecule has 0 aromatic heterocycles. The fourth-order valence-corrected chi connectivity index (χ4v) is 10.2. The lowest BCUT2D eigenvalue weighted by Crippen LogP contribution is -2.65. The van der Waals surface area contributed by atoms with Gasteiger partial charge in [-0.1, -0.05) is 194 Å². The van der Waals surface area contributed by atoms with Crippen LogP contribution in [0.2, 0.25) is 0 Å². The van der Waals surface area contributed by atoms with Crippen LogP contribution >= 0.6 is 23.5 Å². The fourth-order valence-electron chi connectivity index (χ4n) is 8.11. The normalized spacial score (nSPS) is 21.5. The van der Waals surface area contributed by atoms with E-state index in [0.717, 1.165) is 51.4 Å². The van der Waals surface area contributed by atoms with E-state index in [2.05, 4.69) is 22.9 Å². The van der Waals surface area contributed by atoms with E-state index in [-0.39, 0.29) is 12.8 Å². The maximum atomic E-state index is 13.1. The highest BCUT2D eigenvalue weighted by Gasteiger charge is 2.56. The summed E-state index contributed by atoms with van der Waals surface area (Å²) in [5.74, 6) is -1.28. The summed E-state index contributed by atoms with van der Waals surface area (Å²) in [6.45, 7) is 2.98. The summed E-state index contributed by atoms with van der Waals surface area (Å²) in [5, 5.41) is 31.9. The standard InChI is InChI=1S/C45H89O19P3/c1-3-5-7-9-11-13-15-17-19-21-23-25-27-29-31-33-38(46)59-35-37(61-39(47)34-32-30-28-26-24-22-20-18-16-14-12-10-8-6-4-2)36-60-67(57,58)64-43-40(48)41(49)44(62-65(51,52)53)45(42(43)50)63-66(54,55)56/h37,40-45,48-50H,3-36H2,1-2H3,(H,57,58)(H2,51,52,53)(H2,54,55,56)/t37-,40-,41-,42+,43+,44+,45+/m1/s1. The van der Waals surface area contributed by atoms with Gasteiger partial charge in [0.05, 0.1) is 6.61 Å². The van der Waals surface area contributed by atoms with Crippen molar-refractivity contribution < 1.29 is 90.6 Å². The first-order chi connectivity index (χ1) is 31.8. The molecule has 1 unspecified atom stereocenters. The van der Waals surface area contributed by atoms with Gasteiger partial charge >= 0.3 is 35.4 Å². The molecule has 67 heavy (non-hydrogen) atoms. The highest BCUT2D eigenvalue weighted by Crippen LogP contribution is 2.51. The summed E-state index contributed by atoms with van der Waals surface area (Å²) in [7, 11) is -16.6. The zero-order valence-electron chi connectivity index (χ0n) is 40.5. The summed E-state index contributed by atoms with van der Waals surface area (Å²) in [6.07, 6.45) is 18.2. The fraction of sp³-hybridized carbons (Fsp3) is 0.956. The van der Waals surface area contributed by atoms with Crippen LogP contribution < -0.4 is 0 Å². The van der Waals surface area contributed by atoms with Gasteiger partial charge < -0.3 is 49.3 Å². The molecule has 0 radical (unpaired) electrons. The van der Waals surface area contributed by atoms with Crippen molar-refractivity contribution in [1.82, 2.24) is 0 Å². The minimum absolute atomic E-state index is 0.00622. The van der Waals surface area contributed by atoms with Crippen LogP contribution in [0.25, 0.3) is 0 Å². The van der Waals surface area contributed by atoms with Crippen molar-refractivity contribution in [2.24, 2.45) is 0 Å². The van der Waals surface area contributed by atoms with E-state index in [1.807, 2.05) is 0 Å². The number of hydrogen-bond donors (Lipinski definition) is 8. The number of carbonyl (C=O) groups is 2. The molecule has 1 fully saturated rings. The average Bonchev–Trinajstić information content (AvgIpc) is 3.25. The van der Waals surface area contributed by atoms with Gasteiger partial charge in [-0.3, -0.25) is 27.7 Å². The summed E-state index contributed by atoms with van der Waals surface area (Å²) in [4.78, 5) is 73.3. The topological polar surface area (TPSA) is 303 Å². The van der Waals surface area contributed by atoms with Gasteiger partial charge in [-0.15, -0.1) is 0 Å². The maximum Gasteiger partial charge on any atom is 0.472 e. The second-order valence-corrected chi connectivity index (χ2v) is 21.9. The summed E-state index contributed by atoms with van der Waals surface area (Å²) < 4.78 is 65.6. The van der Waals surface area contributed by atoms with Crippen molar-refractivity contribution in [2.45, 2.75) is 262 Å². The molecule has 1 aliphatic rings. The van der Waals surface area contributed by atoms with Crippen molar-refractivity contribution >= 4 is 35.4 Å². The van der Waals surface area contributed by atoms with Crippen LogP contribution in [0, 0.1) is 0 Å². The number of phosphoric acid groups is 3. The van der Waals surface area contributed by atoms with Crippen molar-refractivity contribution in [2.75, 3.05) is 13.2 Å². The minimum Gasteiger partial charge on any atom is -0.462 e. The molecule has 1 rings (SSSR count). The Hall–Kier alpha value is -0.850. The molecule has 19 nitrogen and oxygen atoms in total. The van der Waals surface area contributed by atoms with Gasteiger partial charge in [0, 0.05) is 12.8 Å². The smallest absolute Gasteiger partial charge is 0.462 e. The number of unbranched alkanes of at least 4 members (excludes halogenated alkanes) is 28. The molecule has 0 bridgehead atoms. The lowest BCUT2D eigenvalue weighted by atomic mass is 9.85. The van der Waals surface area contributed by atoms with Crippen LogP contribution in [0.15, 0.2) is 0 Å². The Balaban J connectivity index is 2.69. The first-order valence-electron chi connectivity index (χ1n) is 25.3. The number of phosphoric ester groups is 3. The molecule has 0 amide bonds. The van der Waals surface area contributed by atoms with E-state index in [4.69, 9.17) is 18.5 Å². The van der Waals surface area contributed by atoms with Gasteiger partial charge in [0.1, 0.15) is 43.2 Å². The molecular weight excluding hydrogens is 937 g/mol. The lowest BCUT2D eigenvalue weighted by Gasteiger charge is -2.44. The highest BCUT2D eigenvalue weighted by molar-refractivity contribution is 7.47. The van der Waals surface area contributed by atoms with E-state index in [1.54, 1.807) is 0 Å². The summed E-state index contributed by atoms with van der Waals surface area (Å²) in [6, 6.07) is 0. The van der Waals surface area contributed by atoms with Crippen LogP contribution in [-0.2, 0) is 50.9 Å². The quantitative estimate of drug-likeness (QED) is 0.0160. The largest absolute Gasteiger partial charge is 0.472 e. The zero-order chi connectivity index (χ0) is 50.0. The Kier molecular flexibility index (Phi) is 36.3. The summed E-state index contributed by atoms with van der Waals surface area (Å²) in [5.41, 5.74) is 0. The van der Waals surface area contributed by atoms with E-state index in [9.17, 15) is 63.1 Å². The number of aliphatic hydroxyl groups excluding tert-OH is 3. The lowest BCUT2D eigenvalue weighted by molar-refractivity contribution is -0.213. The molecule has 8 atom stereocenters. The SMILES string of the molecule is CCCCCCCCCCCCCCCCCC(=O)OC[C@H](COP(=O)(O)O[C@H]1[C@H](O)[C@@H](O)[C@H](OP(=O)(O)O)[C@@H](OP(=O)(O)O)[C@H]1O)OC(=O)CCCCCCCCCCCCCCCCC. The zero-order valence-corrected chi connectivity index (χ0v) is 43.2. The van der Waals surface area contributed by atoms with E-state index in [1.165, 1.54) is 128 Å².